The first-order valence-electron chi connectivity index (χ1n) is 5.70. The molecule has 0 fully saturated rings. The molecule has 0 saturated carbocycles. The van der Waals surface area contributed by atoms with Gasteiger partial charge in [0.25, 0.3) is 0 Å². The molecular weight excluding hydrogens is 226 g/mol. The first-order valence-corrected chi connectivity index (χ1v) is 5.70. The van der Waals surface area contributed by atoms with Crippen molar-refractivity contribution < 1.29 is 4.74 Å². The molecule has 0 amide bonds. The molecule has 0 bridgehead atoms. The molecule has 4 heteroatoms. The Labute approximate surface area is 106 Å². The van der Waals surface area contributed by atoms with E-state index in [1.54, 1.807) is 18.3 Å². The van der Waals surface area contributed by atoms with Crippen LogP contribution in [0.1, 0.15) is 25.2 Å². The predicted octanol–water partition coefficient (Wildman–Crippen LogP) is 2.61. The molecule has 0 spiro atoms. The first-order chi connectivity index (χ1) is 8.54. The third kappa shape index (κ3) is 2.21. The molecule has 0 radical (unpaired) electrons. The molecule has 18 heavy (non-hydrogen) atoms. The zero-order valence-corrected chi connectivity index (χ0v) is 10.7. The predicted molar refractivity (Wildman–Crippen MR) is 68.0 cm³/mol. The maximum atomic E-state index is 9.05. The van der Waals surface area contributed by atoms with Crippen LogP contribution in [0.2, 0.25) is 0 Å². The Bertz CT molecular complexity index is 593. The van der Waals surface area contributed by atoms with Crippen molar-refractivity contribution in [1.82, 2.24) is 9.55 Å². The average Bonchev–Trinajstić information content (AvgIpc) is 2.76. The minimum Gasteiger partial charge on any atom is -0.479 e. The largest absolute Gasteiger partial charge is 0.479 e. The number of ether oxygens (including phenoxy) is 1. The highest BCUT2D eigenvalue weighted by Gasteiger charge is 2.27. The quantitative estimate of drug-likeness (QED) is 0.830. The summed E-state index contributed by atoms with van der Waals surface area (Å²) in [4.78, 5) is 4.29. The second kappa shape index (κ2) is 4.53. The van der Waals surface area contributed by atoms with Crippen LogP contribution >= 0.6 is 0 Å². The van der Waals surface area contributed by atoms with Crippen LogP contribution in [-0.4, -0.2) is 9.55 Å². The third-order valence-corrected chi connectivity index (χ3v) is 2.73. The summed E-state index contributed by atoms with van der Waals surface area (Å²) in [7, 11) is 1.92. The minimum atomic E-state index is -0.592. The number of aryl methyl sites for hydroxylation is 1. The molecule has 0 saturated heterocycles. The van der Waals surface area contributed by atoms with Gasteiger partial charge in [0.1, 0.15) is 11.8 Å². The lowest BCUT2D eigenvalue weighted by Gasteiger charge is -2.26. The van der Waals surface area contributed by atoms with Crippen LogP contribution in [0.4, 0.5) is 0 Å². The zero-order valence-electron chi connectivity index (χ0n) is 10.7. The van der Waals surface area contributed by atoms with E-state index in [-0.39, 0.29) is 0 Å². The summed E-state index contributed by atoms with van der Waals surface area (Å²) in [5.41, 5.74) is -0.0645. The molecule has 1 aromatic heterocycles. The van der Waals surface area contributed by atoms with Crippen LogP contribution < -0.4 is 4.74 Å². The Morgan fingerprint density at radius 2 is 2.06 bits per heavy atom. The van der Waals surface area contributed by atoms with Crippen molar-refractivity contribution in [2.75, 3.05) is 0 Å². The molecule has 1 heterocycles. The standard InChI is InChI=1S/C14H15N3O/c1-14(2,13-16-8-9-17(13)3)18-12-7-5-4-6-11(12)10-15/h4-9H,1-3H3. The van der Waals surface area contributed by atoms with Gasteiger partial charge in [0.2, 0.25) is 0 Å². The van der Waals surface area contributed by atoms with Crippen molar-refractivity contribution in [3.8, 4) is 11.8 Å². The van der Waals surface area contributed by atoms with Crippen LogP contribution in [0.3, 0.4) is 0 Å². The Balaban J connectivity index is 2.34. The Hall–Kier alpha value is -2.28. The van der Waals surface area contributed by atoms with Crippen LogP contribution in [-0.2, 0) is 12.6 Å². The molecule has 0 aliphatic rings. The molecule has 1 aromatic carbocycles. The number of imidazole rings is 1. The maximum absolute atomic E-state index is 9.05. The number of aromatic nitrogens is 2. The Kier molecular flexibility index (Phi) is 3.07. The van der Waals surface area contributed by atoms with Gasteiger partial charge in [-0.3, -0.25) is 0 Å². The van der Waals surface area contributed by atoms with Gasteiger partial charge in [0, 0.05) is 19.4 Å². The van der Waals surface area contributed by atoms with Gasteiger partial charge in [-0.05, 0) is 26.0 Å². The molecule has 0 aliphatic carbocycles. The van der Waals surface area contributed by atoms with Gasteiger partial charge in [-0.25, -0.2) is 4.98 Å². The first kappa shape index (κ1) is 12.2. The highest BCUT2D eigenvalue weighted by molar-refractivity contribution is 5.43. The summed E-state index contributed by atoms with van der Waals surface area (Å²) in [5, 5.41) is 9.05. The fraction of sp³-hybridized carbons (Fsp3) is 0.286. The van der Waals surface area contributed by atoms with Crippen molar-refractivity contribution in [3.05, 3.63) is 48.0 Å². The number of nitrogens with zero attached hydrogens (tertiary/aromatic N) is 3. The summed E-state index contributed by atoms with van der Waals surface area (Å²) in [6.45, 7) is 3.87. The Morgan fingerprint density at radius 3 is 2.67 bits per heavy atom. The fourth-order valence-corrected chi connectivity index (χ4v) is 1.91. The van der Waals surface area contributed by atoms with Gasteiger partial charge in [-0.2, -0.15) is 5.26 Å². The molecule has 0 aliphatic heterocycles. The van der Waals surface area contributed by atoms with Gasteiger partial charge in [-0.15, -0.1) is 0 Å². The van der Waals surface area contributed by atoms with E-state index in [2.05, 4.69) is 11.1 Å². The highest BCUT2D eigenvalue weighted by atomic mass is 16.5. The van der Waals surface area contributed by atoms with E-state index in [1.807, 2.05) is 43.8 Å². The smallest absolute Gasteiger partial charge is 0.161 e. The monoisotopic (exact) mass is 241 g/mol. The molecule has 92 valence electrons. The van der Waals surface area contributed by atoms with E-state index in [4.69, 9.17) is 10.00 Å². The number of hydrogen-bond acceptors (Lipinski definition) is 3. The second-order valence-electron chi connectivity index (χ2n) is 4.58. The number of benzene rings is 1. The maximum Gasteiger partial charge on any atom is 0.161 e. The van der Waals surface area contributed by atoms with Gasteiger partial charge in [0.05, 0.1) is 5.56 Å². The molecule has 0 N–H and O–H groups in total. The summed E-state index contributed by atoms with van der Waals surface area (Å²) in [6.07, 6.45) is 3.60. The van der Waals surface area contributed by atoms with Gasteiger partial charge < -0.3 is 9.30 Å². The number of para-hydroxylation sites is 1. The number of rotatable bonds is 3. The normalized spacial score (nSPS) is 11.0. The molecule has 0 unspecified atom stereocenters. The lowest BCUT2D eigenvalue weighted by Crippen LogP contribution is -2.29. The van der Waals surface area contributed by atoms with E-state index in [1.165, 1.54) is 0 Å². The van der Waals surface area contributed by atoms with Crippen LogP contribution in [0.25, 0.3) is 0 Å². The van der Waals surface area contributed by atoms with E-state index < -0.39 is 5.60 Å². The SMILES string of the molecule is Cn1ccnc1C(C)(C)Oc1ccccc1C#N. The van der Waals surface area contributed by atoms with Crippen LogP contribution in [0.5, 0.6) is 5.75 Å². The van der Waals surface area contributed by atoms with Crippen LogP contribution in [0, 0.1) is 11.3 Å². The fourth-order valence-electron chi connectivity index (χ4n) is 1.91. The van der Waals surface area contributed by atoms with E-state index >= 15 is 0 Å². The van der Waals surface area contributed by atoms with Crippen molar-refractivity contribution >= 4 is 0 Å². The topological polar surface area (TPSA) is 50.8 Å². The van der Waals surface area contributed by atoms with Crippen LogP contribution in [0.15, 0.2) is 36.7 Å². The summed E-state index contributed by atoms with van der Waals surface area (Å²) in [6, 6.07) is 9.33. The highest BCUT2D eigenvalue weighted by Crippen LogP contribution is 2.28. The zero-order chi connectivity index (χ0) is 13.2. The summed E-state index contributed by atoms with van der Waals surface area (Å²) in [5.74, 6) is 1.39. The van der Waals surface area contributed by atoms with Crippen molar-refractivity contribution in [2.24, 2.45) is 7.05 Å². The summed E-state index contributed by atoms with van der Waals surface area (Å²) < 4.78 is 7.85. The van der Waals surface area contributed by atoms with Crippen molar-refractivity contribution in [2.45, 2.75) is 19.4 Å². The lowest BCUT2D eigenvalue weighted by atomic mass is 10.1. The van der Waals surface area contributed by atoms with Gasteiger partial charge in [0.15, 0.2) is 11.4 Å². The van der Waals surface area contributed by atoms with Gasteiger partial charge in [-0.1, -0.05) is 12.1 Å². The summed E-state index contributed by atoms with van der Waals surface area (Å²) >= 11 is 0. The molecule has 4 nitrogen and oxygen atoms in total. The van der Waals surface area contributed by atoms with Crippen molar-refractivity contribution in [1.29, 1.82) is 5.26 Å². The Morgan fingerprint density at radius 1 is 1.33 bits per heavy atom. The van der Waals surface area contributed by atoms with Gasteiger partial charge >= 0.3 is 0 Å². The molecular formula is C14H15N3O. The molecule has 0 atom stereocenters. The third-order valence-electron chi connectivity index (χ3n) is 2.73. The van der Waals surface area contributed by atoms with Crippen molar-refractivity contribution in [3.63, 3.8) is 0 Å². The minimum absolute atomic E-state index is 0.528. The molecule has 2 rings (SSSR count). The lowest BCUT2D eigenvalue weighted by molar-refractivity contribution is 0.0949. The second-order valence-corrected chi connectivity index (χ2v) is 4.58. The number of hydrogen-bond donors (Lipinski definition) is 0. The molecule has 2 aromatic rings. The average molecular weight is 241 g/mol. The number of nitriles is 1. The van der Waals surface area contributed by atoms with E-state index in [0.717, 1.165) is 5.82 Å². The van der Waals surface area contributed by atoms with E-state index in [0.29, 0.717) is 11.3 Å². The van der Waals surface area contributed by atoms with E-state index in [9.17, 15) is 0 Å².